The van der Waals surface area contributed by atoms with Crippen LogP contribution in [-0.4, -0.2) is 5.91 Å². The Labute approximate surface area is 120 Å². The number of carbonyl (C=O) groups is 1. The summed E-state index contributed by atoms with van der Waals surface area (Å²) in [5, 5.41) is 1.24. The Bertz CT molecular complexity index is 525. The number of amides is 1. The van der Waals surface area contributed by atoms with Crippen LogP contribution < -0.4 is 10.9 Å². The van der Waals surface area contributed by atoms with Crippen LogP contribution in [0.2, 0.25) is 0 Å². The molecule has 0 aliphatic carbocycles. The van der Waals surface area contributed by atoms with E-state index >= 15 is 0 Å². The fourth-order valence-corrected chi connectivity index (χ4v) is 2.10. The second kappa shape index (κ2) is 7.46. The van der Waals surface area contributed by atoms with E-state index in [4.69, 9.17) is 5.84 Å². The normalized spacial score (nSPS) is 10.2. The zero-order valence-electron chi connectivity index (χ0n) is 11.5. The van der Waals surface area contributed by atoms with E-state index < -0.39 is 0 Å². The van der Waals surface area contributed by atoms with Crippen molar-refractivity contribution in [1.29, 1.82) is 0 Å². The largest absolute Gasteiger partial charge is 0.273 e. The van der Waals surface area contributed by atoms with Crippen molar-refractivity contribution >= 4 is 11.6 Å². The molecule has 0 bridgehead atoms. The molecule has 2 N–H and O–H groups in total. The van der Waals surface area contributed by atoms with Gasteiger partial charge >= 0.3 is 0 Å². The van der Waals surface area contributed by atoms with Crippen molar-refractivity contribution in [1.82, 2.24) is 0 Å². The Morgan fingerprint density at radius 1 is 0.900 bits per heavy atom. The summed E-state index contributed by atoms with van der Waals surface area (Å²) in [6.07, 6.45) is 3.34. The molecule has 0 fully saturated rings. The van der Waals surface area contributed by atoms with Crippen molar-refractivity contribution < 1.29 is 4.79 Å². The van der Waals surface area contributed by atoms with Crippen molar-refractivity contribution in [3.63, 3.8) is 0 Å². The van der Waals surface area contributed by atoms with Crippen molar-refractivity contribution in [3.8, 4) is 0 Å². The summed E-state index contributed by atoms with van der Waals surface area (Å²) in [5.74, 6) is 5.78. The molecule has 0 atom stereocenters. The first-order valence-electron chi connectivity index (χ1n) is 6.94. The average Bonchev–Trinajstić information content (AvgIpc) is 2.52. The van der Waals surface area contributed by atoms with Gasteiger partial charge in [0.15, 0.2) is 0 Å². The molecule has 0 saturated heterocycles. The summed E-state index contributed by atoms with van der Waals surface area (Å²) < 4.78 is 0. The maximum absolute atomic E-state index is 12.0. The van der Waals surface area contributed by atoms with Gasteiger partial charge in [-0.25, -0.2) is 10.9 Å². The number of carbonyl (C=O) groups excluding carboxylic acids is 1. The highest BCUT2D eigenvalue weighted by Crippen LogP contribution is 2.12. The number of hydrogen-bond donors (Lipinski definition) is 1. The van der Waals surface area contributed by atoms with E-state index in [-0.39, 0.29) is 5.91 Å². The number of para-hydroxylation sites is 1. The van der Waals surface area contributed by atoms with Crippen molar-refractivity contribution in [2.75, 3.05) is 5.01 Å². The van der Waals surface area contributed by atoms with Crippen LogP contribution in [0, 0.1) is 0 Å². The predicted molar refractivity (Wildman–Crippen MR) is 82.1 cm³/mol. The third kappa shape index (κ3) is 4.21. The fraction of sp³-hybridized carbons (Fsp3) is 0.235. The molecule has 0 aromatic heterocycles. The summed E-state index contributed by atoms with van der Waals surface area (Å²) in [6.45, 7) is 0. The lowest BCUT2D eigenvalue weighted by Gasteiger charge is -2.16. The van der Waals surface area contributed by atoms with E-state index in [1.54, 1.807) is 0 Å². The maximum Gasteiger partial charge on any atom is 0.241 e. The lowest BCUT2D eigenvalue weighted by molar-refractivity contribution is -0.118. The molecule has 3 nitrogen and oxygen atoms in total. The fourth-order valence-electron chi connectivity index (χ4n) is 2.10. The van der Waals surface area contributed by atoms with Crippen LogP contribution in [0.15, 0.2) is 60.7 Å². The zero-order chi connectivity index (χ0) is 14.2. The van der Waals surface area contributed by atoms with Crippen LogP contribution in [0.25, 0.3) is 0 Å². The molecule has 20 heavy (non-hydrogen) atoms. The number of unbranched alkanes of at least 4 members (excludes halogenated alkanes) is 1. The lowest BCUT2D eigenvalue weighted by Crippen LogP contribution is -2.37. The lowest BCUT2D eigenvalue weighted by atomic mass is 10.1. The second-order valence-corrected chi connectivity index (χ2v) is 4.79. The van der Waals surface area contributed by atoms with Gasteiger partial charge in [0, 0.05) is 6.42 Å². The van der Waals surface area contributed by atoms with Crippen molar-refractivity contribution in [2.24, 2.45) is 5.84 Å². The third-order valence-corrected chi connectivity index (χ3v) is 3.25. The van der Waals surface area contributed by atoms with Gasteiger partial charge in [-0.3, -0.25) is 4.79 Å². The molecule has 0 saturated carbocycles. The number of hydrazine groups is 1. The Morgan fingerprint density at radius 3 is 2.15 bits per heavy atom. The van der Waals surface area contributed by atoms with E-state index in [0.717, 1.165) is 24.9 Å². The first-order valence-corrected chi connectivity index (χ1v) is 6.94. The molecule has 0 aliphatic heterocycles. The molecule has 2 aromatic carbocycles. The monoisotopic (exact) mass is 268 g/mol. The van der Waals surface area contributed by atoms with Crippen molar-refractivity contribution in [2.45, 2.75) is 25.7 Å². The molecule has 0 unspecified atom stereocenters. The van der Waals surface area contributed by atoms with Crippen LogP contribution in [-0.2, 0) is 11.2 Å². The number of hydrogen-bond acceptors (Lipinski definition) is 2. The number of anilines is 1. The van der Waals surface area contributed by atoms with Gasteiger partial charge in [-0.05, 0) is 37.0 Å². The topological polar surface area (TPSA) is 46.3 Å². The minimum atomic E-state index is -0.0377. The summed E-state index contributed by atoms with van der Waals surface area (Å²) in [6, 6.07) is 19.6. The highest BCUT2D eigenvalue weighted by Gasteiger charge is 2.10. The van der Waals surface area contributed by atoms with Crippen LogP contribution in [0.4, 0.5) is 5.69 Å². The standard InChI is InChI=1S/C17H20N2O/c18-19(16-12-5-2-6-13-16)17(20)14-8-7-11-15-9-3-1-4-10-15/h1-6,9-10,12-13H,7-8,11,14,18H2. The summed E-state index contributed by atoms with van der Waals surface area (Å²) in [7, 11) is 0. The van der Waals surface area contributed by atoms with Crippen LogP contribution in [0.3, 0.4) is 0 Å². The molecular weight excluding hydrogens is 248 g/mol. The number of nitrogens with zero attached hydrogens (tertiary/aromatic N) is 1. The van der Waals surface area contributed by atoms with Crippen LogP contribution in [0.1, 0.15) is 24.8 Å². The minimum Gasteiger partial charge on any atom is -0.273 e. The maximum atomic E-state index is 12.0. The van der Waals surface area contributed by atoms with Gasteiger partial charge in [-0.1, -0.05) is 48.5 Å². The van der Waals surface area contributed by atoms with Gasteiger partial charge in [-0.2, -0.15) is 0 Å². The smallest absolute Gasteiger partial charge is 0.241 e. The van der Waals surface area contributed by atoms with E-state index in [0.29, 0.717) is 6.42 Å². The minimum absolute atomic E-state index is 0.0377. The van der Waals surface area contributed by atoms with Gasteiger partial charge in [0.1, 0.15) is 0 Å². The van der Waals surface area contributed by atoms with Gasteiger partial charge in [0.25, 0.3) is 0 Å². The second-order valence-electron chi connectivity index (χ2n) is 4.79. The molecule has 2 aromatic rings. The highest BCUT2D eigenvalue weighted by atomic mass is 16.2. The molecule has 0 radical (unpaired) electrons. The average molecular weight is 268 g/mol. The molecule has 1 amide bonds. The van der Waals surface area contributed by atoms with Gasteiger partial charge < -0.3 is 0 Å². The number of benzene rings is 2. The zero-order valence-corrected chi connectivity index (χ0v) is 11.5. The first-order chi connectivity index (χ1) is 9.77. The summed E-state index contributed by atoms with van der Waals surface area (Å²) in [5.41, 5.74) is 2.05. The molecule has 3 heteroatoms. The van der Waals surface area contributed by atoms with E-state index in [1.165, 1.54) is 10.6 Å². The molecule has 0 heterocycles. The SMILES string of the molecule is NN(C(=O)CCCCc1ccccc1)c1ccccc1. The Hall–Kier alpha value is -2.13. The molecule has 0 spiro atoms. The Kier molecular flexibility index (Phi) is 5.33. The van der Waals surface area contributed by atoms with Gasteiger partial charge in [-0.15, -0.1) is 0 Å². The molecule has 0 aliphatic rings. The number of aryl methyl sites for hydroxylation is 1. The van der Waals surface area contributed by atoms with Gasteiger partial charge in [0.05, 0.1) is 5.69 Å². The third-order valence-electron chi connectivity index (χ3n) is 3.25. The predicted octanol–water partition coefficient (Wildman–Crippen LogP) is 3.31. The number of nitrogens with two attached hydrogens (primary N) is 1. The quantitative estimate of drug-likeness (QED) is 0.378. The van der Waals surface area contributed by atoms with E-state index in [2.05, 4.69) is 12.1 Å². The van der Waals surface area contributed by atoms with E-state index in [9.17, 15) is 4.79 Å². The van der Waals surface area contributed by atoms with Crippen LogP contribution in [0.5, 0.6) is 0 Å². The van der Waals surface area contributed by atoms with Gasteiger partial charge in [0.2, 0.25) is 5.91 Å². The first kappa shape index (κ1) is 14.3. The Balaban J connectivity index is 1.73. The Morgan fingerprint density at radius 2 is 1.50 bits per heavy atom. The summed E-state index contributed by atoms with van der Waals surface area (Å²) >= 11 is 0. The molecule has 104 valence electrons. The molecular formula is C17H20N2O. The van der Waals surface area contributed by atoms with Crippen LogP contribution >= 0.6 is 0 Å². The highest BCUT2D eigenvalue weighted by molar-refractivity contribution is 5.91. The number of rotatable bonds is 6. The van der Waals surface area contributed by atoms with E-state index in [1.807, 2.05) is 48.5 Å². The molecule has 2 rings (SSSR count). The van der Waals surface area contributed by atoms with Crippen molar-refractivity contribution in [3.05, 3.63) is 66.2 Å². The summed E-state index contributed by atoms with van der Waals surface area (Å²) in [4.78, 5) is 12.0.